The number of carbonyl (C=O) groups excluding carboxylic acids is 1. The van der Waals surface area contributed by atoms with Crippen molar-refractivity contribution < 1.29 is 9.53 Å². The van der Waals surface area contributed by atoms with Crippen LogP contribution in [0.1, 0.15) is 6.92 Å². The third-order valence-electron chi connectivity index (χ3n) is 2.33. The Hall–Kier alpha value is 0.330. The van der Waals surface area contributed by atoms with Gasteiger partial charge in [-0.05, 0) is 6.92 Å². The number of halogens is 2. The number of alkyl halides is 2. The second-order valence-electron chi connectivity index (χ2n) is 3.25. The summed E-state index contributed by atoms with van der Waals surface area (Å²) in [5.74, 6) is 0.161. The first-order valence-corrected chi connectivity index (χ1v) is 5.45. The Labute approximate surface area is 87.6 Å². The van der Waals surface area contributed by atoms with Crippen molar-refractivity contribution in [3.8, 4) is 0 Å². The Morgan fingerprint density at radius 3 is 2.92 bits per heavy atom. The molecule has 1 saturated heterocycles. The van der Waals surface area contributed by atoms with Gasteiger partial charge in [-0.2, -0.15) is 0 Å². The van der Waals surface area contributed by atoms with Gasteiger partial charge in [0.1, 0.15) is 9.15 Å². The van der Waals surface area contributed by atoms with Gasteiger partial charge in [0.2, 0.25) is 0 Å². The topological polar surface area (TPSA) is 26.3 Å². The zero-order chi connectivity index (χ0) is 8.93. The number of rotatable bonds is 0. The molecule has 0 aromatic carbocycles. The predicted molar refractivity (Wildman–Crippen MR) is 52.9 cm³/mol. The molecule has 0 amide bonds. The predicted octanol–water partition coefficient (Wildman–Crippen LogP) is 1.81. The fourth-order valence-corrected chi connectivity index (χ4v) is 3.10. The van der Waals surface area contributed by atoms with E-state index in [4.69, 9.17) is 4.74 Å². The van der Waals surface area contributed by atoms with E-state index < -0.39 is 4.32 Å². The molecule has 0 saturated carbocycles. The Bertz CT molecular complexity index is 260. The van der Waals surface area contributed by atoms with Gasteiger partial charge >= 0.3 is 0 Å². The number of ketones is 1. The van der Waals surface area contributed by atoms with E-state index in [1.807, 2.05) is 19.1 Å². The molecule has 66 valence electrons. The van der Waals surface area contributed by atoms with E-state index in [1.165, 1.54) is 0 Å². The van der Waals surface area contributed by atoms with Gasteiger partial charge in [0.25, 0.3) is 0 Å². The minimum absolute atomic E-state index is 0.0758. The summed E-state index contributed by atoms with van der Waals surface area (Å²) in [6, 6.07) is 0. The Morgan fingerprint density at radius 2 is 2.25 bits per heavy atom. The number of hydrogen-bond acceptors (Lipinski definition) is 2. The maximum atomic E-state index is 11.7. The fourth-order valence-electron chi connectivity index (χ4n) is 1.50. The third-order valence-corrected chi connectivity index (χ3v) is 4.11. The summed E-state index contributed by atoms with van der Waals surface area (Å²) in [5, 5.41) is 0. The van der Waals surface area contributed by atoms with Crippen molar-refractivity contribution in [1.29, 1.82) is 0 Å². The van der Waals surface area contributed by atoms with Gasteiger partial charge in [-0.1, -0.05) is 44.0 Å². The molecule has 4 heteroatoms. The van der Waals surface area contributed by atoms with E-state index in [1.54, 1.807) is 0 Å². The summed E-state index contributed by atoms with van der Waals surface area (Å²) in [6.07, 6.45) is 3.70. The molecule has 0 aliphatic carbocycles. The highest BCUT2D eigenvalue weighted by molar-refractivity contribution is 9.11. The molecule has 0 aromatic rings. The van der Waals surface area contributed by atoms with Gasteiger partial charge in [-0.15, -0.1) is 0 Å². The summed E-state index contributed by atoms with van der Waals surface area (Å²) in [4.78, 5) is 11.5. The molecular formula is C8H8Br2O2. The number of hydrogen-bond donors (Lipinski definition) is 0. The molecule has 0 aromatic heterocycles. The van der Waals surface area contributed by atoms with E-state index in [9.17, 15) is 4.79 Å². The molecule has 2 bridgehead atoms. The van der Waals surface area contributed by atoms with Crippen LogP contribution in [0.4, 0.5) is 0 Å². The average molecular weight is 296 g/mol. The van der Waals surface area contributed by atoms with Crippen LogP contribution in [0.5, 0.6) is 0 Å². The first-order chi connectivity index (χ1) is 5.53. The molecule has 2 nitrogen and oxygen atoms in total. The minimum atomic E-state index is -0.565. The van der Waals surface area contributed by atoms with Gasteiger partial charge in [-0.3, -0.25) is 4.79 Å². The van der Waals surface area contributed by atoms with Gasteiger partial charge in [0, 0.05) is 0 Å². The maximum Gasteiger partial charge on any atom is 0.168 e. The Morgan fingerprint density at radius 1 is 1.58 bits per heavy atom. The van der Waals surface area contributed by atoms with Crippen LogP contribution in [-0.4, -0.2) is 27.1 Å². The van der Waals surface area contributed by atoms with Crippen LogP contribution in [0.25, 0.3) is 0 Å². The van der Waals surface area contributed by atoms with Crippen molar-refractivity contribution in [2.45, 2.75) is 28.3 Å². The van der Waals surface area contributed by atoms with Crippen molar-refractivity contribution in [2.75, 3.05) is 0 Å². The van der Waals surface area contributed by atoms with Crippen LogP contribution < -0.4 is 0 Å². The monoisotopic (exact) mass is 294 g/mol. The lowest BCUT2D eigenvalue weighted by molar-refractivity contribution is -0.130. The van der Waals surface area contributed by atoms with Crippen LogP contribution in [0.15, 0.2) is 12.2 Å². The standard InChI is InChI=1S/C8H8Br2O2/c1-8(10)5-3-2-4(12-5)6(9)7(8)11/h2-6H,1H3. The quantitative estimate of drug-likeness (QED) is 0.503. The van der Waals surface area contributed by atoms with E-state index in [0.29, 0.717) is 0 Å². The molecule has 12 heavy (non-hydrogen) atoms. The molecule has 2 heterocycles. The lowest BCUT2D eigenvalue weighted by atomic mass is 9.95. The van der Waals surface area contributed by atoms with Gasteiger partial charge in [0.05, 0.1) is 12.2 Å². The molecule has 4 unspecified atom stereocenters. The molecule has 1 fully saturated rings. The molecule has 2 rings (SSSR count). The smallest absolute Gasteiger partial charge is 0.168 e. The highest BCUT2D eigenvalue weighted by Gasteiger charge is 2.51. The molecular weight excluding hydrogens is 288 g/mol. The van der Waals surface area contributed by atoms with E-state index >= 15 is 0 Å². The maximum absolute atomic E-state index is 11.7. The summed E-state index contributed by atoms with van der Waals surface area (Å²) in [6.45, 7) is 1.85. The van der Waals surface area contributed by atoms with E-state index in [0.717, 1.165) is 0 Å². The molecule has 4 atom stereocenters. The summed E-state index contributed by atoms with van der Waals surface area (Å²) >= 11 is 6.72. The zero-order valence-electron chi connectivity index (χ0n) is 6.46. The SMILES string of the molecule is CC1(Br)C(=O)C(Br)C2C=CC1O2. The second-order valence-corrected chi connectivity index (χ2v) is 5.88. The van der Waals surface area contributed by atoms with E-state index in [-0.39, 0.29) is 22.8 Å². The van der Waals surface area contributed by atoms with Crippen LogP contribution in [-0.2, 0) is 9.53 Å². The first-order valence-electron chi connectivity index (χ1n) is 3.74. The molecule has 0 spiro atoms. The molecule has 2 aliphatic rings. The van der Waals surface area contributed by atoms with Crippen molar-refractivity contribution in [3.05, 3.63) is 12.2 Å². The molecule has 2 aliphatic heterocycles. The molecule has 0 N–H and O–H groups in total. The summed E-state index contributed by atoms with van der Waals surface area (Å²) in [7, 11) is 0. The molecule has 0 radical (unpaired) electrons. The minimum Gasteiger partial charge on any atom is -0.363 e. The van der Waals surface area contributed by atoms with Crippen molar-refractivity contribution >= 4 is 37.6 Å². The largest absolute Gasteiger partial charge is 0.363 e. The highest BCUT2D eigenvalue weighted by atomic mass is 79.9. The van der Waals surface area contributed by atoms with Crippen molar-refractivity contribution in [2.24, 2.45) is 0 Å². The Kier molecular flexibility index (Phi) is 1.97. The normalized spacial score (nSPS) is 51.6. The van der Waals surface area contributed by atoms with Crippen molar-refractivity contribution in [3.63, 3.8) is 0 Å². The number of ether oxygens (including phenoxy) is 1. The van der Waals surface area contributed by atoms with Crippen LogP contribution in [0.2, 0.25) is 0 Å². The Balaban J connectivity index is 2.38. The number of Topliss-reactive ketones (excluding diaryl/α,β-unsaturated/α-hetero) is 1. The number of carbonyl (C=O) groups is 1. The highest BCUT2D eigenvalue weighted by Crippen LogP contribution is 2.40. The van der Waals surface area contributed by atoms with Crippen LogP contribution in [0, 0.1) is 0 Å². The van der Waals surface area contributed by atoms with Crippen LogP contribution in [0.3, 0.4) is 0 Å². The second kappa shape index (κ2) is 2.66. The summed E-state index contributed by atoms with van der Waals surface area (Å²) in [5.41, 5.74) is 0. The third kappa shape index (κ3) is 1.05. The summed E-state index contributed by atoms with van der Waals surface area (Å²) < 4.78 is 5.00. The first kappa shape index (κ1) is 8.91. The lowest BCUT2D eigenvalue weighted by Gasteiger charge is -2.35. The van der Waals surface area contributed by atoms with Crippen LogP contribution >= 0.6 is 31.9 Å². The fraction of sp³-hybridized carbons (Fsp3) is 0.625. The van der Waals surface area contributed by atoms with Gasteiger partial charge in [-0.25, -0.2) is 0 Å². The number of fused-ring (bicyclic) bond motifs is 2. The van der Waals surface area contributed by atoms with E-state index in [2.05, 4.69) is 31.9 Å². The van der Waals surface area contributed by atoms with Crippen molar-refractivity contribution in [1.82, 2.24) is 0 Å². The lowest BCUT2D eigenvalue weighted by Crippen LogP contribution is -2.52. The average Bonchev–Trinajstić information content (AvgIpc) is 2.46. The van der Waals surface area contributed by atoms with Gasteiger partial charge < -0.3 is 4.74 Å². The van der Waals surface area contributed by atoms with Gasteiger partial charge in [0.15, 0.2) is 5.78 Å². The zero-order valence-corrected chi connectivity index (χ0v) is 9.63.